The van der Waals surface area contributed by atoms with E-state index >= 15 is 0 Å². The molecule has 0 heterocycles. The molecule has 3 heteroatoms. The summed E-state index contributed by atoms with van der Waals surface area (Å²) in [5.41, 5.74) is 6.30. The molecule has 0 unspecified atom stereocenters. The number of benzene rings is 1. The van der Waals surface area contributed by atoms with Crippen molar-refractivity contribution in [2.45, 2.75) is 13.0 Å². The van der Waals surface area contributed by atoms with Gasteiger partial charge in [0, 0.05) is 0 Å². The van der Waals surface area contributed by atoms with Crippen LogP contribution in [0.3, 0.4) is 0 Å². The number of hydrogen-bond donors (Lipinski definition) is 1. The molecule has 0 aliphatic heterocycles. The SMILES string of the molecule is CCOc1ccc([C@H](N)CF)cc1. The molecule has 1 atom stereocenters. The van der Waals surface area contributed by atoms with Crippen molar-refractivity contribution in [3.05, 3.63) is 29.8 Å². The van der Waals surface area contributed by atoms with E-state index < -0.39 is 12.7 Å². The highest BCUT2D eigenvalue weighted by Crippen LogP contribution is 2.16. The topological polar surface area (TPSA) is 35.2 Å². The molecule has 2 N–H and O–H groups in total. The highest BCUT2D eigenvalue weighted by molar-refractivity contribution is 5.28. The average Bonchev–Trinajstić information content (AvgIpc) is 2.18. The molecule has 0 aliphatic rings. The molecular weight excluding hydrogens is 169 g/mol. The predicted molar refractivity (Wildman–Crippen MR) is 50.5 cm³/mol. The Kier molecular flexibility index (Phi) is 3.71. The lowest BCUT2D eigenvalue weighted by molar-refractivity contribution is 0.340. The number of hydrogen-bond acceptors (Lipinski definition) is 2. The lowest BCUT2D eigenvalue weighted by Crippen LogP contribution is -2.11. The molecule has 72 valence electrons. The first-order valence-corrected chi connectivity index (χ1v) is 4.32. The summed E-state index contributed by atoms with van der Waals surface area (Å²) in [5.74, 6) is 0.789. The zero-order valence-corrected chi connectivity index (χ0v) is 7.66. The average molecular weight is 183 g/mol. The fourth-order valence-corrected chi connectivity index (χ4v) is 1.07. The first-order chi connectivity index (χ1) is 6.27. The zero-order chi connectivity index (χ0) is 9.68. The van der Waals surface area contributed by atoms with Crippen LogP contribution in [0, 0.1) is 0 Å². The minimum absolute atomic E-state index is 0.518. The van der Waals surface area contributed by atoms with E-state index in [-0.39, 0.29) is 0 Å². The first-order valence-electron chi connectivity index (χ1n) is 4.32. The number of ether oxygens (including phenoxy) is 1. The van der Waals surface area contributed by atoms with Gasteiger partial charge in [-0.05, 0) is 24.6 Å². The lowest BCUT2D eigenvalue weighted by Gasteiger charge is -2.08. The van der Waals surface area contributed by atoms with Crippen LogP contribution in [-0.2, 0) is 0 Å². The van der Waals surface area contributed by atoms with E-state index in [2.05, 4.69) is 0 Å². The van der Waals surface area contributed by atoms with Gasteiger partial charge in [-0.3, -0.25) is 0 Å². The maximum Gasteiger partial charge on any atom is 0.119 e. The quantitative estimate of drug-likeness (QED) is 0.775. The van der Waals surface area contributed by atoms with Crippen molar-refractivity contribution >= 4 is 0 Å². The summed E-state index contributed by atoms with van der Waals surface area (Å²) >= 11 is 0. The van der Waals surface area contributed by atoms with Gasteiger partial charge in [0.2, 0.25) is 0 Å². The van der Waals surface area contributed by atoms with Crippen LogP contribution in [0.15, 0.2) is 24.3 Å². The molecular formula is C10H14FNO. The molecule has 0 amide bonds. The maximum absolute atomic E-state index is 12.2. The van der Waals surface area contributed by atoms with Crippen LogP contribution in [0.25, 0.3) is 0 Å². The summed E-state index contributed by atoms with van der Waals surface area (Å²) in [4.78, 5) is 0. The minimum Gasteiger partial charge on any atom is -0.494 e. The monoisotopic (exact) mass is 183 g/mol. The highest BCUT2D eigenvalue weighted by Gasteiger charge is 2.04. The Hall–Kier alpha value is -1.09. The first kappa shape index (κ1) is 9.99. The summed E-state index contributed by atoms with van der Waals surface area (Å²) in [6.07, 6.45) is 0. The van der Waals surface area contributed by atoms with Gasteiger partial charge < -0.3 is 10.5 Å². The summed E-state index contributed by atoms with van der Waals surface area (Å²) in [6.45, 7) is 2.02. The molecule has 13 heavy (non-hydrogen) atoms. The zero-order valence-electron chi connectivity index (χ0n) is 7.66. The number of alkyl halides is 1. The van der Waals surface area contributed by atoms with Gasteiger partial charge in [0.25, 0.3) is 0 Å². The van der Waals surface area contributed by atoms with Crippen LogP contribution in [0.1, 0.15) is 18.5 Å². The van der Waals surface area contributed by atoms with Crippen LogP contribution in [0.4, 0.5) is 4.39 Å². The molecule has 2 nitrogen and oxygen atoms in total. The van der Waals surface area contributed by atoms with E-state index in [1.807, 2.05) is 6.92 Å². The fourth-order valence-electron chi connectivity index (χ4n) is 1.07. The van der Waals surface area contributed by atoms with Crippen molar-refractivity contribution in [1.29, 1.82) is 0 Å². The minimum atomic E-state index is -0.534. The van der Waals surface area contributed by atoms with E-state index in [0.29, 0.717) is 6.61 Å². The normalized spacial score (nSPS) is 12.5. The van der Waals surface area contributed by atoms with Crippen molar-refractivity contribution in [1.82, 2.24) is 0 Å². The standard InChI is InChI=1S/C10H14FNO/c1-2-13-9-5-3-8(4-6-9)10(12)7-11/h3-6,10H,2,7,12H2,1H3/t10-/m1/s1. The second-order valence-corrected chi connectivity index (χ2v) is 2.76. The predicted octanol–water partition coefficient (Wildman–Crippen LogP) is 2.05. The maximum atomic E-state index is 12.2. The molecule has 1 aromatic carbocycles. The third-order valence-corrected chi connectivity index (χ3v) is 1.79. The molecule has 0 saturated carbocycles. The van der Waals surface area contributed by atoms with Crippen LogP contribution in [0.2, 0.25) is 0 Å². The van der Waals surface area contributed by atoms with Crippen molar-refractivity contribution in [2.75, 3.05) is 13.3 Å². The number of rotatable bonds is 4. The summed E-state index contributed by atoms with van der Waals surface area (Å²) < 4.78 is 17.4. The van der Waals surface area contributed by atoms with E-state index in [4.69, 9.17) is 10.5 Å². The lowest BCUT2D eigenvalue weighted by atomic mass is 10.1. The van der Waals surface area contributed by atoms with Crippen molar-refractivity contribution in [2.24, 2.45) is 5.73 Å². The molecule has 0 aromatic heterocycles. The van der Waals surface area contributed by atoms with Crippen LogP contribution >= 0.6 is 0 Å². The summed E-state index contributed by atoms with van der Waals surface area (Å²) in [5, 5.41) is 0. The van der Waals surface area contributed by atoms with Gasteiger partial charge in [0.05, 0.1) is 12.6 Å². The summed E-state index contributed by atoms with van der Waals surface area (Å²) in [7, 11) is 0. The largest absolute Gasteiger partial charge is 0.494 e. The highest BCUT2D eigenvalue weighted by atomic mass is 19.1. The van der Waals surface area contributed by atoms with Crippen molar-refractivity contribution in [3.63, 3.8) is 0 Å². The van der Waals surface area contributed by atoms with Crippen molar-refractivity contribution < 1.29 is 9.13 Å². The van der Waals surface area contributed by atoms with Gasteiger partial charge in [-0.15, -0.1) is 0 Å². The number of halogens is 1. The van der Waals surface area contributed by atoms with Gasteiger partial charge in [-0.25, -0.2) is 4.39 Å². The molecule has 0 saturated heterocycles. The second-order valence-electron chi connectivity index (χ2n) is 2.76. The number of nitrogens with two attached hydrogens (primary N) is 1. The van der Waals surface area contributed by atoms with E-state index in [0.717, 1.165) is 11.3 Å². The molecule has 0 fully saturated rings. The van der Waals surface area contributed by atoms with E-state index in [1.165, 1.54) is 0 Å². The van der Waals surface area contributed by atoms with E-state index in [1.54, 1.807) is 24.3 Å². The molecule has 0 aliphatic carbocycles. The molecule has 1 aromatic rings. The van der Waals surface area contributed by atoms with Gasteiger partial charge >= 0.3 is 0 Å². The summed E-state index contributed by atoms with van der Waals surface area (Å²) in [6, 6.07) is 6.66. The molecule has 0 bridgehead atoms. The Balaban J connectivity index is 2.69. The Bertz CT molecular complexity index is 248. The van der Waals surface area contributed by atoms with Crippen molar-refractivity contribution in [3.8, 4) is 5.75 Å². The van der Waals surface area contributed by atoms with Gasteiger partial charge in [0.15, 0.2) is 0 Å². The third kappa shape index (κ3) is 2.70. The molecule has 0 spiro atoms. The molecule has 0 radical (unpaired) electrons. The Morgan fingerprint density at radius 2 is 2.00 bits per heavy atom. The van der Waals surface area contributed by atoms with Crippen LogP contribution in [0.5, 0.6) is 5.75 Å². The Morgan fingerprint density at radius 3 is 2.46 bits per heavy atom. The third-order valence-electron chi connectivity index (χ3n) is 1.79. The van der Waals surface area contributed by atoms with E-state index in [9.17, 15) is 4.39 Å². The smallest absolute Gasteiger partial charge is 0.119 e. The van der Waals surface area contributed by atoms with Crippen LogP contribution < -0.4 is 10.5 Å². The van der Waals surface area contributed by atoms with Gasteiger partial charge in [0.1, 0.15) is 12.4 Å². The van der Waals surface area contributed by atoms with Gasteiger partial charge in [-0.2, -0.15) is 0 Å². The second kappa shape index (κ2) is 4.82. The fraction of sp³-hybridized carbons (Fsp3) is 0.400. The molecule has 1 rings (SSSR count). The van der Waals surface area contributed by atoms with Crippen LogP contribution in [-0.4, -0.2) is 13.3 Å². The van der Waals surface area contributed by atoms with Gasteiger partial charge in [-0.1, -0.05) is 12.1 Å². The Labute approximate surface area is 77.5 Å². The Morgan fingerprint density at radius 1 is 1.38 bits per heavy atom.